The fourth-order valence-electron chi connectivity index (χ4n) is 1.48. The lowest BCUT2D eigenvalue weighted by atomic mass is 10.2. The molecule has 0 atom stereocenters. The summed E-state index contributed by atoms with van der Waals surface area (Å²) in [5, 5.41) is 17.7. The molecule has 2 aromatic rings. The zero-order valence-corrected chi connectivity index (χ0v) is 10.2. The van der Waals surface area contributed by atoms with Gasteiger partial charge in [0.2, 0.25) is 5.88 Å². The number of carbonyl (C=O) groups excluding carboxylic acids is 1. The van der Waals surface area contributed by atoms with E-state index in [4.69, 9.17) is 11.6 Å². The molecule has 1 aromatic heterocycles. The smallest absolute Gasteiger partial charge is 0.452 e. The number of H-pyrrole nitrogens is 1. The van der Waals surface area contributed by atoms with Crippen molar-refractivity contribution < 1.29 is 14.6 Å². The molecule has 6 nitrogen and oxygen atoms in total. The van der Waals surface area contributed by atoms with Crippen molar-refractivity contribution in [3.8, 4) is 5.88 Å². The predicted molar refractivity (Wildman–Crippen MR) is 66.5 cm³/mol. The first-order chi connectivity index (χ1) is 8.61. The molecule has 1 amide bonds. The minimum Gasteiger partial charge on any atom is -0.493 e. The fourth-order valence-corrected chi connectivity index (χ4v) is 1.65. The molecule has 0 radical (unpaired) electrons. The number of halogens is 1. The van der Waals surface area contributed by atoms with Crippen molar-refractivity contribution in [2.45, 2.75) is 6.92 Å². The van der Waals surface area contributed by atoms with Gasteiger partial charge in [-0.1, -0.05) is 16.7 Å². The van der Waals surface area contributed by atoms with Crippen LogP contribution in [0.5, 0.6) is 5.88 Å². The minimum absolute atomic E-state index is 0.153. The van der Waals surface area contributed by atoms with Crippen LogP contribution in [0.1, 0.15) is 6.92 Å². The number of nitrogens with one attached hydrogen (secondary N) is 1. The molecule has 0 saturated carbocycles. The van der Waals surface area contributed by atoms with Crippen LogP contribution < -0.4 is 0 Å². The van der Waals surface area contributed by atoms with Crippen molar-refractivity contribution in [3.63, 3.8) is 0 Å². The molecule has 0 bridgehead atoms. The standard InChI is InChI=1S/C11H10ClN3O3/c1-2-18-11(17)15-14-9-7-5-6(12)3-4-8(7)13-10(9)16/h3-5,13,16H,2H2,1H3. The Morgan fingerprint density at radius 2 is 2.33 bits per heavy atom. The highest BCUT2D eigenvalue weighted by atomic mass is 35.5. The Kier molecular flexibility index (Phi) is 3.47. The largest absolute Gasteiger partial charge is 0.493 e. The molecule has 0 aliphatic heterocycles. The molecule has 1 aromatic carbocycles. The van der Waals surface area contributed by atoms with Crippen LogP contribution in [0.3, 0.4) is 0 Å². The van der Waals surface area contributed by atoms with Crippen molar-refractivity contribution in [1.82, 2.24) is 4.98 Å². The number of nitrogens with zero attached hydrogens (tertiary/aromatic N) is 2. The van der Waals surface area contributed by atoms with E-state index < -0.39 is 6.09 Å². The van der Waals surface area contributed by atoms with Crippen LogP contribution in [-0.4, -0.2) is 22.8 Å². The van der Waals surface area contributed by atoms with Gasteiger partial charge in [0.15, 0.2) is 5.69 Å². The molecule has 94 valence electrons. The van der Waals surface area contributed by atoms with E-state index in [2.05, 4.69) is 19.9 Å². The Morgan fingerprint density at radius 3 is 3.06 bits per heavy atom. The van der Waals surface area contributed by atoms with Gasteiger partial charge in [-0.2, -0.15) is 0 Å². The van der Waals surface area contributed by atoms with Gasteiger partial charge in [0.05, 0.1) is 12.1 Å². The van der Waals surface area contributed by atoms with Crippen molar-refractivity contribution in [3.05, 3.63) is 23.2 Å². The van der Waals surface area contributed by atoms with Gasteiger partial charge in [-0.15, -0.1) is 5.11 Å². The maximum absolute atomic E-state index is 11.1. The lowest BCUT2D eigenvalue weighted by Gasteiger charge is -1.94. The second-order valence-corrected chi connectivity index (χ2v) is 3.85. The van der Waals surface area contributed by atoms with E-state index in [1.807, 2.05) is 0 Å². The number of hydrogen-bond donors (Lipinski definition) is 2. The van der Waals surface area contributed by atoms with Crippen LogP contribution in [-0.2, 0) is 4.74 Å². The van der Waals surface area contributed by atoms with Crippen molar-refractivity contribution in [2.24, 2.45) is 10.2 Å². The molecule has 2 rings (SSSR count). The summed E-state index contributed by atoms with van der Waals surface area (Å²) >= 11 is 5.85. The average molecular weight is 268 g/mol. The number of aromatic nitrogens is 1. The maximum atomic E-state index is 11.1. The lowest BCUT2D eigenvalue weighted by molar-refractivity contribution is 0.162. The van der Waals surface area contributed by atoms with Crippen LogP contribution in [0.15, 0.2) is 28.4 Å². The number of hydrogen-bond acceptors (Lipinski definition) is 4. The van der Waals surface area contributed by atoms with Crippen LogP contribution in [0.4, 0.5) is 10.5 Å². The van der Waals surface area contributed by atoms with Crippen molar-refractivity contribution in [2.75, 3.05) is 6.61 Å². The number of rotatable bonds is 2. The molecular formula is C11H10ClN3O3. The Hall–Kier alpha value is -2.08. The summed E-state index contributed by atoms with van der Waals surface area (Å²) in [5.74, 6) is -0.180. The molecule has 18 heavy (non-hydrogen) atoms. The highest BCUT2D eigenvalue weighted by Gasteiger charge is 2.11. The van der Waals surface area contributed by atoms with E-state index in [1.165, 1.54) is 0 Å². The number of ether oxygens (including phenoxy) is 1. The molecule has 0 aliphatic carbocycles. The van der Waals surface area contributed by atoms with Crippen LogP contribution in [0.2, 0.25) is 5.02 Å². The first kappa shape index (κ1) is 12.4. The highest BCUT2D eigenvalue weighted by Crippen LogP contribution is 2.36. The summed E-state index contributed by atoms with van der Waals surface area (Å²) in [7, 11) is 0. The quantitative estimate of drug-likeness (QED) is 0.812. The fraction of sp³-hybridized carbons (Fsp3) is 0.182. The van der Waals surface area contributed by atoms with Gasteiger partial charge in [0, 0.05) is 10.4 Å². The third-order valence-corrected chi connectivity index (χ3v) is 2.45. The molecule has 0 saturated heterocycles. The molecule has 2 N–H and O–H groups in total. The van der Waals surface area contributed by atoms with E-state index in [0.717, 1.165) is 0 Å². The van der Waals surface area contributed by atoms with Gasteiger partial charge < -0.3 is 14.8 Å². The number of azo groups is 1. The van der Waals surface area contributed by atoms with Gasteiger partial charge in [-0.3, -0.25) is 0 Å². The van der Waals surface area contributed by atoms with E-state index in [9.17, 15) is 9.90 Å². The zero-order valence-electron chi connectivity index (χ0n) is 9.48. The number of fused-ring (bicyclic) bond motifs is 1. The van der Waals surface area contributed by atoms with E-state index in [1.54, 1.807) is 25.1 Å². The van der Waals surface area contributed by atoms with Crippen LogP contribution >= 0.6 is 11.6 Å². The number of aromatic amines is 1. The van der Waals surface area contributed by atoms with Gasteiger partial charge in [0.1, 0.15) is 0 Å². The first-order valence-corrected chi connectivity index (χ1v) is 5.58. The average Bonchev–Trinajstić information content (AvgIpc) is 2.62. The molecular weight excluding hydrogens is 258 g/mol. The SMILES string of the molecule is CCOC(=O)N=Nc1c(O)[nH]c2ccc(Cl)cc12. The summed E-state index contributed by atoms with van der Waals surface area (Å²) in [6.07, 6.45) is -0.812. The third kappa shape index (κ3) is 2.43. The molecule has 1 heterocycles. The van der Waals surface area contributed by atoms with E-state index in [0.29, 0.717) is 15.9 Å². The summed E-state index contributed by atoms with van der Waals surface area (Å²) in [6.45, 7) is 1.87. The Balaban J connectivity index is 2.41. The monoisotopic (exact) mass is 267 g/mol. The third-order valence-electron chi connectivity index (χ3n) is 2.21. The number of benzene rings is 1. The number of carbonyl (C=O) groups is 1. The van der Waals surface area contributed by atoms with Crippen LogP contribution in [0, 0.1) is 0 Å². The van der Waals surface area contributed by atoms with Crippen molar-refractivity contribution >= 4 is 34.3 Å². The summed E-state index contributed by atoms with van der Waals surface area (Å²) in [6, 6.07) is 4.99. The topological polar surface area (TPSA) is 87.0 Å². The van der Waals surface area contributed by atoms with Gasteiger partial charge in [-0.25, -0.2) is 4.79 Å². The van der Waals surface area contributed by atoms with Gasteiger partial charge in [-0.05, 0) is 25.1 Å². The summed E-state index contributed by atoms with van der Waals surface area (Å²) in [4.78, 5) is 13.8. The Bertz CT molecular complexity index is 621. The number of aromatic hydroxyl groups is 1. The van der Waals surface area contributed by atoms with Gasteiger partial charge >= 0.3 is 6.09 Å². The first-order valence-electron chi connectivity index (χ1n) is 5.20. The second-order valence-electron chi connectivity index (χ2n) is 3.41. The molecule has 0 aliphatic rings. The minimum atomic E-state index is -0.812. The molecule has 0 fully saturated rings. The van der Waals surface area contributed by atoms with Gasteiger partial charge in [0.25, 0.3) is 0 Å². The Morgan fingerprint density at radius 1 is 1.56 bits per heavy atom. The molecule has 7 heteroatoms. The summed E-state index contributed by atoms with van der Waals surface area (Å²) < 4.78 is 4.60. The second kappa shape index (κ2) is 5.05. The predicted octanol–water partition coefficient (Wildman–Crippen LogP) is 3.77. The Labute approximate surface area is 107 Å². The molecule has 0 unspecified atom stereocenters. The normalized spacial score (nSPS) is 11.2. The maximum Gasteiger partial charge on any atom is 0.452 e. The lowest BCUT2D eigenvalue weighted by Crippen LogP contribution is -1.95. The van der Waals surface area contributed by atoms with E-state index >= 15 is 0 Å². The summed E-state index contributed by atoms with van der Waals surface area (Å²) in [5.41, 5.74) is 0.801. The highest BCUT2D eigenvalue weighted by molar-refractivity contribution is 6.31. The molecule has 0 spiro atoms. The van der Waals surface area contributed by atoms with E-state index in [-0.39, 0.29) is 18.2 Å². The number of amides is 1. The van der Waals surface area contributed by atoms with Crippen LogP contribution in [0.25, 0.3) is 10.9 Å². The zero-order chi connectivity index (χ0) is 13.1. The van der Waals surface area contributed by atoms with Crippen molar-refractivity contribution in [1.29, 1.82) is 0 Å².